The Labute approximate surface area is 107 Å². The zero-order valence-corrected chi connectivity index (χ0v) is 10.3. The number of hydrogen-bond acceptors (Lipinski definition) is 2. The normalized spacial score (nSPS) is 11.1. The first kappa shape index (κ1) is 14.0. The highest BCUT2D eigenvalue weighted by Gasteiger charge is 2.29. The fourth-order valence-electron chi connectivity index (χ4n) is 0.884. The highest BCUT2D eigenvalue weighted by Crippen LogP contribution is 2.20. The fraction of sp³-hybridized carbons (Fsp3) is 0.222. The second kappa shape index (κ2) is 5.52. The summed E-state index contributed by atoms with van der Waals surface area (Å²) in [5.74, 6) is -0.511. The van der Waals surface area contributed by atoms with Crippen LogP contribution in [0.15, 0.2) is 18.2 Å². The van der Waals surface area contributed by atoms with Crippen molar-refractivity contribution in [2.45, 2.75) is 6.18 Å². The minimum Gasteiger partial charge on any atom is -0.440 e. The molecule has 1 aromatic carbocycles. The molecule has 94 valence electrons. The number of amides is 1. The molecule has 1 rings (SSSR count). The molecular weight excluding hydrogens is 357 g/mol. The van der Waals surface area contributed by atoms with E-state index in [2.05, 4.69) is 10.1 Å². The zero-order chi connectivity index (χ0) is 13.1. The van der Waals surface area contributed by atoms with E-state index in [0.29, 0.717) is 3.57 Å². The summed E-state index contributed by atoms with van der Waals surface area (Å²) < 4.78 is 52.2. The van der Waals surface area contributed by atoms with E-state index in [0.717, 1.165) is 12.1 Å². The minimum absolute atomic E-state index is 0.180. The second-order valence-electron chi connectivity index (χ2n) is 2.94. The number of rotatable bonds is 2. The number of anilines is 1. The van der Waals surface area contributed by atoms with Gasteiger partial charge in [-0.3, -0.25) is 5.32 Å². The van der Waals surface area contributed by atoms with Gasteiger partial charge in [-0.15, -0.1) is 0 Å². The maximum atomic E-state index is 12.7. The van der Waals surface area contributed by atoms with Crippen LogP contribution in [-0.4, -0.2) is 18.9 Å². The van der Waals surface area contributed by atoms with Crippen LogP contribution in [0.4, 0.5) is 28.0 Å². The van der Waals surface area contributed by atoms with Crippen LogP contribution in [0, 0.1) is 9.39 Å². The summed E-state index contributed by atoms with van der Waals surface area (Å²) >= 11 is 1.73. The van der Waals surface area contributed by atoms with Crippen molar-refractivity contribution < 1.29 is 27.1 Å². The lowest BCUT2D eigenvalue weighted by Crippen LogP contribution is -2.23. The maximum absolute atomic E-state index is 12.7. The van der Waals surface area contributed by atoms with Crippen molar-refractivity contribution in [3.8, 4) is 0 Å². The second-order valence-corrected chi connectivity index (χ2v) is 4.10. The first-order valence-corrected chi connectivity index (χ1v) is 5.31. The number of halogens is 5. The third-order valence-corrected chi connectivity index (χ3v) is 2.43. The average molecular weight is 363 g/mol. The van der Waals surface area contributed by atoms with Crippen molar-refractivity contribution >= 4 is 34.4 Å². The average Bonchev–Trinajstić information content (AvgIpc) is 2.18. The van der Waals surface area contributed by atoms with Gasteiger partial charge in [-0.05, 0) is 40.8 Å². The van der Waals surface area contributed by atoms with E-state index in [1.165, 1.54) is 6.07 Å². The number of carbonyl (C=O) groups is 1. The summed E-state index contributed by atoms with van der Waals surface area (Å²) in [6, 6.07) is 3.42. The van der Waals surface area contributed by atoms with Crippen LogP contribution in [0.5, 0.6) is 0 Å². The Morgan fingerprint density at radius 3 is 2.59 bits per heavy atom. The smallest absolute Gasteiger partial charge is 0.422 e. The molecule has 17 heavy (non-hydrogen) atoms. The predicted octanol–water partition coefficient (Wildman–Crippen LogP) is 3.54. The molecule has 0 aliphatic carbocycles. The standard InChI is InChI=1S/C9H6F4INO2/c10-5-1-2-7(6(14)3-5)15-8(16)17-4-9(11,12)13/h1-3H,4H2,(H,15,16). The Kier molecular flexibility index (Phi) is 4.54. The lowest BCUT2D eigenvalue weighted by Gasteiger charge is -2.10. The van der Waals surface area contributed by atoms with Crippen molar-refractivity contribution in [1.29, 1.82) is 0 Å². The monoisotopic (exact) mass is 363 g/mol. The van der Waals surface area contributed by atoms with Crippen LogP contribution in [0.25, 0.3) is 0 Å². The molecule has 0 heterocycles. The van der Waals surface area contributed by atoms with Crippen LogP contribution in [0.1, 0.15) is 0 Å². The van der Waals surface area contributed by atoms with Gasteiger partial charge in [0.2, 0.25) is 0 Å². The largest absolute Gasteiger partial charge is 0.440 e. The van der Waals surface area contributed by atoms with Crippen molar-refractivity contribution in [2.75, 3.05) is 11.9 Å². The van der Waals surface area contributed by atoms with Gasteiger partial charge >= 0.3 is 12.3 Å². The summed E-state index contributed by atoms with van der Waals surface area (Å²) in [5.41, 5.74) is 0.180. The number of alkyl halides is 3. The number of ether oxygens (including phenoxy) is 1. The van der Waals surface area contributed by atoms with Crippen LogP contribution < -0.4 is 5.32 Å². The third-order valence-electron chi connectivity index (χ3n) is 1.53. The fourth-order valence-corrected chi connectivity index (χ4v) is 1.50. The summed E-state index contributed by atoms with van der Waals surface area (Å²) in [5, 5.41) is 2.07. The Morgan fingerprint density at radius 2 is 2.06 bits per heavy atom. The molecule has 0 radical (unpaired) electrons. The lowest BCUT2D eigenvalue weighted by molar-refractivity contribution is -0.159. The van der Waals surface area contributed by atoms with Crippen LogP contribution in [-0.2, 0) is 4.74 Å². The molecule has 0 aliphatic rings. The highest BCUT2D eigenvalue weighted by molar-refractivity contribution is 14.1. The van der Waals surface area contributed by atoms with E-state index >= 15 is 0 Å². The van der Waals surface area contributed by atoms with E-state index in [1.807, 2.05) is 0 Å². The topological polar surface area (TPSA) is 38.3 Å². The molecule has 0 bridgehead atoms. The molecule has 0 saturated heterocycles. The number of benzene rings is 1. The molecule has 0 atom stereocenters. The van der Waals surface area contributed by atoms with E-state index in [9.17, 15) is 22.4 Å². The number of nitrogens with one attached hydrogen (secondary N) is 1. The Balaban J connectivity index is 2.57. The van der Waals surface area contributed by atoms with Gasteiger partial charge in [-0.1, -0.05) is 0 Å². The molecule has 0 unspecified atom stereocenters. The molecule has 1 amide bonds. The molecule has 0 aromatic heterocycles. The molecule has 3 nitrogen and oxygen atoms in total. The number of carbonyl (C=O) groups excluding carboxylic acids is 1. The summed E-state index contributed by atoms with van der Waals surface area (Å²) in [6.45, 7) is -1.67. The molecule has 1 N–H and O–H groups in total. The van der Waals surface area contributed by atoms with Crippen molar-refractivity contribution in [2.24, 2.45) is 0 Å². The van der Waals surface area contributed by atoms with Crippen molar-refractivity contribution in [1.82, 2.24) is 0 Å². The zero-order valence-electron chi connectivity index (χ0n) is 8.15. The van der Waals surface area contributed by atoms with Crippen molar-refractivity contribution in [3.05, 3.63) is 27.6 Å². The maximum Gasteiger partial charge on any atom is 0.422 e. The van der Waals surface area contributed by atoms with E-state index in [4.69, 9.17) is 0 Å². The van der Waals surface area contributed by atoms with E-state index < -0.39 is 24.7 Å². The Morgan fingerprint density at radius 1 is 1.41 bits per heavy atom. The lowest BCUT2D eigenvalue weighted by atomic mass is 10.3. The van der Waals surface area contributed by atoms with Gasteiger partial charge in [0, 0.05) is 3.57 Å². The molecule has 0 spiro atoms. The molecule has 0 aliphatic heterocycles. The number of hydrogen-bond donors (Lipinski definition) is 1. The van der Waals surface area contributed by atoms with Gasteiger partial charge in [0.1, 0.15) is 5.82 Å². The van der Waals surface area contributed by atoms with Crippen molar-refractivity contribution in [3.63, 3.8) is 0 Å². The van der Waals surface area contributed by atoms with Crippen LogP contribution >= 0.6 is 22.6 Å². The van der Waals surface area contributed by atoms with E-state index in [1.54, 1.807) is 22.6 Å². The SMILES string of the molecule is O=C(Nc1ccc(F)cc1I)OCC(F)(F)F. The van der Waals surface area contributed by atoms with E-state index in [-0.39, 0.29) is 5.69 Å². The minimum atomic E-state index is -4.58. The quantitative estimate of drug-likeness (QED) is 0.645. The molecule has 0 fully saturated rings. The predicted molar refractivity (Wildman–Crippen MR) is 60.1 cm³/mol. The van der Waals surface area contributed by atoms with Gasteiger partial charge in [0.15, 0.2) is 6.61 Å². The van der Waals surface area contributed by atoms with Gasteiger partial charge in [-0.2, -0.15) is 13.2 Å². The molecule has 1 aromatic rings. The molecule has 8 heteroatoms. The van der Waals surface area contributed by atoms with Gasteiger partial charge < -0.3 is 4.74 Å². The summed E-state index contributed by atoms with van der Waals surface area (Å²) in [7, 11) is 0. The highest BCUT2D eigenvalue weighted by atomic mass is 127. The van der Waals surface area contributed by atoms with Crippen LogP contribution in [0.2, 0.25) is 0 Å². The first-order chi connectivity index (χ1) is 7.78. The molecule has 0 saturated carbocycles. The van der Waals surface area contributed by atoms with Crippen LogP contribution in [0.3, 0.4) is 0 Å². The van der Waals surface area contributed by atoms with Gasteiger partial charge in [-0.25, -0.2) is 9.18 Å². The Bertz CT molecular complexity index is 422. The van der Waals surface area contributed by atoms with Gasteiger partial charge in [0.25, 0.3) is 0 Å². The summed E-state index contributed by atoms with van der Waals surface area (Å²) in [4.78, 5) is 11.0. The summed E-state index contributed by atoms with van der Waals surface area (Å²) in [6.07, 6.45) is -5.82. The third kappa shape index (κ3) is 5.20. The van der Waals surface area contributed by atoms with Gasteiger partial charge in [0.05, 0.1) is 5.69 Å². The first-order valence-electron chi connectivity index (χ1n) is 4.23. The Hall–Kier alpha value is -1.06. The molecular formula is C9H6F4INO2.